The molecule has 0 aromatic carbocycles. The van der Waals surface area contributed by atoms with Gasteiger partial charge in [-0.3, -0.25) is 0 Å². The molecule has 3 unspecified atom stereocenters. The van der Waals surface area contributed by atoms with Crippen molar-refractivity contribution in [2.45, 2.75) is 58.4 Å². The van der Waals surface area contributed by atoms with Gasteiger partial charge in [-0.1, -0.05) is 26.7 Å². The van der Waals surface area contributed by atoms with Crippen LogP contribution in [0.15, 0.2) is 15.9 Å². The van der Waals surface area contributed by atoms with E-state index in [9.17, 15) is 0 Å². The molecule has 1 aromatic rings. The minimum absolute atomic E-state index is 0.729. The van der Waals surface area contributed by atoms with Gasteiger partial charge in [0.25, 0.3) is 0 Å². The standard InChI is InChI=1S/C16H26BrNS/c1-3-5-12-6-7-15(18-4-2)13(10-12)11-16-14(17)8-9-19-16/h8-9,12-13,15,18H,3-7,10-11H2,1-2H3. The molecular weight excluding hydrogens is 318 g/mol. The summed E-state index contributed by atoms with van der Waals surface area (Å²) >= 11 is 5.59. The highest BCUT2D eigenvalue weighted by Crippen LogP contribution is 2.36. The van der Waals surface area contributed by atoms with Crippen molar-refractivity contribution in [2.75, 3.05) is 6.54 Å². The average molecular weight is 344 g/mol. The second-order valence-corrected chi connectivity index (χ2v) is 7.64. The Morgan fingerprint density at radius 1 is 1.37 bits per heavy atom. The zero-order chi connectivity index (χ0) is 13.7. The van der Waals surface area contributed by atoms with Gasteiger partial charge >= 0.3 is 0 Å². The molecule has 1 heterocycles. The Bertz CT molecular complexity index is 377. The van der Waals surface area contributed by atoms with E-state index in [2.05, 4.69) is 46.5 Å². The smallest absolute Gasteiger partial charge is 0.0314 e. The van der Waals surface area contributed by atoms with Crippen molar-refractivity contribution >= 4 is 27.3 Å². The van der Waals surface area contributed by atoms with Crippen LogP contribution < -0.4 is 5.32 Å². The normalized spacial score (nSPS) is 27.6. The van der Waals surface area contributed by atoms with Gasteiger partial charge < -0.3 is 5.32 Å². The molecule has 0 saturated heterocycles. The molecule has 108 valence electrons. The molecule has 19 heavy (non-hydrogen) atoms. The molecule has 0 amide bonds. The topological polar surface area (TPSA) is 12.0 Å². The molecule has 0 bridgehead atoms. The molecule has 1 aliphatic rings. The van der Waals surface area contributed by atoms with E-state index in [4.69, 9.17) is 0 Å². The zero-order valence-electron chi connectivity index (χ0n) is 12.1. The highest BCUT2D eigenvalue weighted by atomic mass is 79.9. The van der Waals surface area contributed by atoms with E-state index in [1.165, 1.54) is 47.9 Å². The average Bonchev–Trinajstić information content (AvgIpc) is 2.79. The first kappa shape index (κ1) is 15.5. The first-order valence-electron chi connectivity index (χ1n) is 7.69. The van der Waals surface area contributed by atoms with Crippen molar-refractivity contribution in [3.05, 3.63) is 20.8 Å². The molecule has 3 heteroatoms. The lowest BCUT2D eigenvalue weighted by Gasteiger charge is -2.36. The number of rotatable bonds is 6. The van der Waals surface area contributed by atoms with Crippen molar-refractivity contribution in [2.24, 2.45) is 11.8 Å². The Morgan fingerprint density at radius 3 is 2.84 bits per heavy atom. The second kappa shape index (κ2) is 7.80. The summed E-state index contributed by atoms with van der Waals surface area (Å²) in [6.07, 6.45) is 8.21. The van der Waals surface area contributed by atoms with Crippen LogP contribution in [-0.2, 0) is 6.42 Å². The van der Waals surface area contributed by atoms with E-state index in [1.54, 1.807) is 0 Å². The molecule has 1 fully saturated rings. The van der Waals surface area contributed by atoms with E-state index < -0.39 is 0 Å². The van der Waals surface area contributed by atoms with Crippen LogP contribution >= 0.6 is 27.3 Å². The summed E-state index contributed by atoms with van der Waals surface area (Å²) in [7, 11) is 0. The Labute approximate surface area is 130 Å². The lowest BCUT2D eigenvalue weighted by molar-refractivity contribution is 0.196. The van der Waals surface area contributed by atoms with Crippen LogP contribution in [0.5, 0.6) is 0 Å². The molecule has 1 aliphatic carbocycles. The maximum atomic E-state index is 3.72. The van der Waals surface area contributed by atoms with Crippen LogP contribution in [0.4, 0.5) is 0 Å². The van der Waals surface area contributed by atoms with Crippen molar-refractivity contribution in [3.8, 4) is 0 Å². The molecule has 0 aliphatic heterocycles. The van der Waals surface area contributed by atoms with Crippen LogP contribution in [-0.4, -0.2) is 12.6 Å². The summed E-state index contributed by atoms with van der Waals surface area (Å²) in [5.74, 6) is 1.78. The maximum absolute atomic E-state index is 3.72. The SMILES string of the molecule is CCCC1CCC(NCC)C(Cc2sccc2Br)C1. The molecule has 3 atom stereocenters. The first-order valence-corrected chi connectivity index (χ1v) is 9.37. The molecule has 2 rings (SSSR count). The van der Waals surface area contributed by atoms with Crippen LogP contribution in [0.2, 0.25) is 0 Å². The van der Waals surface area contributed by atoms with Gasteiger partial charge in [0.05, 0.1) is 0 Å². The highest BCUT2D eigenvalue weighted by molar-refractivity contribution is 9.10. The fourth-order valence-corrected chi connectivity index (χ4v) is 5.11. The van der Waals surface area contributed by atoms with Gasteiger partial charge in [0.1, 0.15) is 0 Å². The molecule has 1 saturated carbocycles. The van der Waals surface area contributed by atoms with Crippen LogP contribution in [0.3, 0.4) is 0 Å². The minimum atomic E-state index is 0.729. The maximum Gasteiger partial charge on any atom is 0.0314 e. The van der Waals surface area contributed by atoms with Crippen molar-refractivity contribution in [3.63, 3.8) is 0 Å². The predicted molar refractivity (Wildman–Crippen MR) is 88.9 cm³/mol. The number of hydrogen-bond acceptors (Lipinski definition) is 2. The van der Waals surface area contributed by atoms with E-state index in [0.717, 1.165) is 24.4 Å². The molecule has 0 spiro atoms. The van der Waals surface area contributed by atoms with Crippen LogP contribution in [0, 0.1) is 11.8 Å². The third kappa shape index (κ3) is 4.30. The van der Waals surface area contributed by atoms with Gasteiger partial charge in [0, 0.05) is 15.4 Å². The molecular formula is C16H26BrNS. The van der Waals surface area contributed by atoms with Crippen molar-refractivity contribution < 1.29 is 0 Å². The lowest BCUT2D eigenvalue weighted by Crippen LogP contribution is -2.41. The van der Waals surface area contributed by atoms with Gasteiger partial charge in [-0.25, -0.2) is 0 Å². The van der Waals surface area contributed by atoms with E-state index in [-0.39, 0.29) is 0 Å². The highest BCUT2D eigenvalue weighted by Gasteiger charge is 2.30. The number of hydrogen-bond donors (Lipinski definition) is 1. The van der Waals surface area contributed by atoms with Gasteiger partial charge in [-0.15, -0.1) is 11.3 Å². The quantitative estimate of drug-likeness (QED) is 0.743. The van der Waals surface area contributed by atoms with Gasteiger partial charge in [-0.05, 0) is 71.4 Å². The van der Waals surface area contributed by atoms with E-state index in [0.29, 0.717) is 0 Å². The number of halogens is 1. The summed E-state index contributed by atoms with van der Waals surface area (Å²) in [6, 6.07) is 2.92. The third-order valence-electron chi connectivity index (χ3n) is 4.39. The molecule has 1 nitrogen and oxygen atoms in total. The van der Waals surface area contributed by atoms with Crippen molar-refractivity contribution in [1.82, 2.24) is 5.32 Å². The Kier molecular flexibility index (Phi) is 6.37. The van der Waals surface area contributed by atoms with Gasteiger partial charge in [-0.2, -0.15) is 0 Å². The fourth-order valence-electron chi connectivity index (χ4n) is 3.50. The third-order valence-corrected chi connectivity index (χ3v) is 6.34. The fraction of sp³-hybridized carbons (Fsp3) is 0.750. The predicted octanol–water partition coefficient (Wildman–Crippen LogP) is 5.25. The Hall–Kier alpha value is 0.140. The summed E-state index contributed by atoms with van der Waals surface area (Å²) in [5, 5.41) is 5.92. The summed E-state index contributed by atoms with van der Waals surface area (Å²) in [5.41, 5.74) is 0. The monoisotopic (exact) mass is 343 g/mol. The second-order valence-electron chi connectivity index (χ2n) is 5.79. The Balaban J connectivity index is 2.00. The van der Waals surface area contributed by atoms with Gasteiger partial charge in [0.2, 0.25) is 0 Å². The Morgan fingerprint density at radius 2 is 2.21 bits per heavy atom. The summed E-state index contributed by atoms with van der Waals surface area (Å²) < 4.78 is 1.31. The zero-order valence-corrected chi connectivity index (χ0v) is 14.5. The van der Waals surface area contributed by atoms with Crippen molar-refractivity contribution in [1.29, 1.82) is 0 Å². The molecule has 1 N–H and O–H groups in total. The molecule has 0 radical (unpaired) electrons. The number of thiophene rings is 1. The summed E-state index contributed by atoms with van der Waals surface area (Å²) in [4.78, 5) is 1.53. The lowest BCUT2D eigenvalue weighted by atomic mass is 9.75. The van der Waals surface area contributed by atoms with E-state index >= 15 is 0 Å². The van der Waals surface area contributed by atoms with Gasteiger partial charge in [0.15, 0.2) is 0 Å². The van der Waals surface area contributed by atoms with E-state index in [1.807, 2.05) is 11.3 Å². The summed E-state index contributed by atoms with van der Waals surface area (Å²) in [6.45, 7) is 5.66. The minimum Gasteiger partial charge on any atom is -0.314 e. The largest absolute Gasteiger partial charge is 0.314 e. The van der Waals surface area contributed by atoms with Crippen LogP contribution in [0.25, 0.3) is 0 Å². The van der Waals surface area contributed by atoms with Crippen LogP contribution in [0.1, 0.15) is 50.8 Å². The molecule has 1 aromatic heterocycles. The number of nitrogens with one attached hydrogen (secondary N) is 1. The first-order chi connectivity index (χ1) is 9.24.